The van der Waals surface area contributed by atoms with Crippen LogP contribution in [0.4, 0.5) is 0 Å². The Bertz CT molecular complexity index is 440. The monoisotopic (exact) mass is 384 g/mol. The average molecular weight is 385 g/mol. The zero-order chi connectivity index (χ0) is 19.5. The summed E-state index contributed by atoms with van der Waals surface area (Å²) in [5.41, 5.74) is 0. The van der Waals surface area contributed by atoms with Gasteiger partial charge in [0.1, 0.15) is 0 Å². The quantitative estimate of drug-likeness (QED) is 0.261. The van der Waals surface area contributed by atoms with Gasteiger partial charge in [0, 0.05) is 13.0 Å². The van der Waals surface area contributed by atoms with E-state index in [1.165, 1.54) is 0 Å². The highest BCUT2D eigenvalue weighted by Gasteiger charge is 2.43. The molecule has 3 rings (SSSR count). The van der Waals surface area contributed by atoms with Gasteiger partial charge < -0.3 is 18.9 Å². The van der Waals surface area contributed by atoms with E-state index in [1.54, 1.807) is 0 Å². The SMILES string of the molecule is CC1CC(COC=O)CCO1.CCCCCC(=O)OCC1CCC2OC2C1. The molecule has 0 spiro atoms. The standard InChI is InChI=1S/C13H22O3.C8H14O3/c1-2-3-4-5-13(14)15-9-10-6-7-11-12(8-10)16-11;1-7-4-8(2-3-11-7)5-10-6-9/h10-12H,2-9H2,1H3;6-8H,2-5H2,1H3. The zero-order valence-electron chi connectivity index (χ0n) is 16.9. The molecule has 5 atom stereocenters. The van der Waals surface area contributed by atoms with Crippen LogP contribution in [-0.4, -0.2) is 50.6 Å². The minimum absolute atomic E-state index is 0.0210. The Labute approximate surface area is 163 Å². The lowest BCUT2D eigenvalue weighted by molar-refractivity contribution is -0.145. The Morgan fingerprint density at radius 2 is 1.89 bits per heavy atom. The largest absolute Gasteiger partial charge is 0.468 e. The molecule has 27 heavy (non-hydrogen) atoms. The van der Waals surface area contributed by atoms with E-state index in [-0.39, 0.29) is 5.97 Å². The van der Waals surface area contributed by atoms with Crippen molar-refractivity contribution in [3.63, 3.8) is 0 Å². The second kappa shape index (κ2) is 12.3. The van der Waals surface area contributed by atoms with E-state index in [9.17, 15) is 9.59 Å². The third-order valence-electron chi connectivity index (χ3n) is 5.57. The molecule has 3 aliphatic rings. The fourth-order valence-electron chi connectivity index (χ4n) is 3.86. The Morgan fingerprint density at radius 3 is 2.59 bits per heavy atom. The average Bonchev–Trinajstić information content (AvgIpc) is 3.44. The van der Waals surface area contributed by atoms with Gasteiger partial charge in [0.2, 0.25) is 0 Å². The van der Waals surface area contributed by atoms with Gasteiger partial charge in [-0.05, 0) is 57.3 Å². The Morgan fingerprint density at radius 1 is 1.07 bits per heavy atom. The summed E-state index contributed by atoms with van der Waals surface area (Å²) in [6.45, 7) is 6.66. The summed E-state index contributed by atoms with van der Waals surface area (Å²) in [7, 11) is 0. The summed E-state index contributed by atoms with van der Waals surface area (Å²) in [5, 5.41) is 0. The molecule has 2 heterocycles. The van der Waals surface area contributed by atoms with Crippen molar-refractivity contribution in [2.75, 3.05) is 19.8 Å². The topological polar surface area (TPSA) is 74.4 Å². The number of hydrogen-bond donors (Lipinski definition) is 0. The lowest BCUT2D eigenvalue weighted by atomic mass is 9.90. The van der Waals surface area contributed by atoms with Crippen molar-refractivity contribution < 1.29 is 28.5 Å². The van der Waals surface area contributed by atoms with E-state index in [0.717, 1.165) is 58.0 Å². The van der Waals surface area contributed by atoms with Crippen LogP contribution < -0.4 is 0 Å². The summed E-state index contributed by atoms with van der Waals surface area (Å²) in [4.78, 5) is 21.3. The number of hydrogen-bond acceptors (Lipinski definition) is 6. The van der Waals surface area contributed by atoms with Crippen LogP contribution >= 0.6 is 0 Å². The van der Waals surface area contributed by atoms with Crippen molar-refractivity contribution in [1.29, 1.82) is 0 Å². The Balaban J connectivity index is 0.000000208. The molecule has 6 nitrogen and oxygen atoms in total. The van der Waals surface area contributed by atoms with Crippen molar-refractivity contribution >= 4 is 12.4 Å². The van der Waals surface area contributed by atoms with Crippen LogP contribution in [0.15, 0.2) is 0 Å². The van der Waals surface area contributed by atoms with Crippen LogP contribution in [0.5, 0.6) is 0 Å². The van der Waals surface area contributed by atoms with Crippen LogP contribution in [0.3, 0.4) is 0 Å². The van der Waals surface area contributed by atoms with E-state index in [0.29, 0.717) is 56.3 Å². The van der Waals surface area contributed by atoms with E-state index in [4.69, 9.17) is 14.2 Å². The van der Waals surface area contributed by atoms with Gasteiger partial charge >= 0.3 is 5.97 Å². The first-order valence-electron chi connectivity index (χ1n) is 10.6. The second-order valence-electron chi connectivity index (χ2n) is 8.03. The van der Waals surface area contributed by atoms with Crippen molar-refractivity contribution in [2.45, 2.75) is 89.9 Å². The fourth-order valence-corrected chi connectivity index (χ4v) is 3.86. The first-order valence-corrected chi connectivity index (χ1v) is 10.6. The first-order chi connectivity index (χ1) is 13.1. The van der Waals surface area contributed by atoms with E-state index >= 15 is 0 Å². The smallest absolute Gasteiger partial charge is 0.305 e. The number of rotatable bonds is 9. The molecule has 1 saturated carbocycles. The molecule has 0 aromatic heterocycles. The van der Waals surface area contributed by atoms with Crippen LogP contribution in [0, 0.1) is 11.8 Å². The number of unbranched alkanes of at least 4 members (excludes halogenated alkanes) is 2. The summed E-state index contributed by atoms with van der Waals surface area (Å²) >= 11 is 0. The predicted molar refractivity (Wildman–Crippen MR) is 101 cm³/mol. The molecule has 1 aliphatic carbocycles. The zero-order valence-corrected chi connectivity index (χ0v) is 16.9. The maximum absolute atomic E-state index is 11.4. The molecule has 0 amide bonds. The van der Waals surface area contributed by atoms with Gasteiger partial charge in [-0.2, -0.15) is 0 Å². The third-order valence-corrected chi connectivity index (χ3v) is 5.57. The van der Waals surface area contributed by atoms with E-state index < -0.39 is 0 Å². The molecule has 3 fully saturated rings. The Hall–Kier alpha value is -1.14. The summed E-state index contributed by atoms with van der Waals surface area (Å²) in [6, 6.07) is 0. The molecule has 5 unspecified atom stereocenters. The second-order valence-corrected chi connectivity index (χ2v) is 8.03. The molecule has 6 heteroatoms. The summed E-state index contributed by atoms with van der Waals surface area (Å²) in [6.07, 6.45) is 10.6. The minimum atomic E-state index is -0.0210. The van der Waals surface area contributed by atoms with Crippen LogP contribution in [0.1, 0.15) is 71.6 Å². The molecule has 0 bridgehead atoms. The van der Waals surface area contributed by atoms with Crippen LogP contribution in [0.25, 0.3) is 0 Å². The number of fused-ring (bicyclic) bond motifs is 1. The molecule has 2 aliphatic heterocycles. The third kappa shape index (κ3) is 9.06. The predicted octanol–water partition coefficient (Wildman–Crippen LogP) is 3.65. The maximum Gasteiger partial charge on any atom is 0.305 e. The molecule has 156 valence electrons. The van der Waals surface area contributed by atoms with Gasteiger partial charge in [-0.1, -0.05) is 19.8 Å². The molecule has 0 N–H and O–H groups in total. The fraction of sp³-hybridized carbons (Fsp3) is 0.905. The lowest BCUT2D eigenvalue weighted by Gasteiger charge is -2.26. The number of ether oxygens (including phenoxy) is 4. The molecule has 0 aromatic carbocycles. The molecule has 0 aromatic rings. The van der Waals surface area contributed by atoms with Gasteiger partial charge in [0.15, 0.2) is 0 Å². The highest BCUT2D eigenvalue weighted by atomic mass is 16.6. The van der Waals surface area contributed by atoms with Crippen molar-refractivity contribution in [1.82, 2.24) is 0 Å². The summed E-state index contributed by atoms with van der Waals surface area (Å²) < 4.78 is 20.8. The number of carbonyl (C=O) groups is 2. The lowest BCUT2D eigenvalue weighted by Crippen LogP contribution is -2.25. The van der Waals surface area contributed by atoms with E-state index in [1.807, 2.05) is 6.92 Å². The van der Waals surface area contributed by atoms with Gasteiger partial charge in [-0.25, -0.2) is 0 Å². The van der Waals surface area contributed by atoms with Gasteiger partial charge in [-0.15, -0.1) is 0 Å². The number of esters is 1. The first kappa shape index (κ1) is 22.2. The number of carbonyl (C=O) groups excluding carboxylic acids is 2. The molecular formula is C21H36O6. The van der Waals surface area contributed by atoms with Crippen LogP contribution in [-0.2, 0) is 28.5 Å². The van der Waals surface area contributed by atoms with Gasteiger partial charge in [0.05, 0.1) is 31.5 Å². The molecule has 2 saturated heterocycles. The van der Waals surface area contributed by atoms with Crippen LogP contribution in [0.2, 0.25) is 0 Å². The number of epoxide rings is 1. The van der Waals surface area contributed by atoms with Crippen molar-refractivity contribution in [3.05, 3.63) is 0 Å². The van der Waals surface area contributed by atoms with E-state index in [2.05, 4.69) is 11.7 Å². The Kier molecular flexibility index (Phi) is 10.1. The molecule has 0 radical (unpaired) electrons. The van der Waals surface area contributed by atoms with Gasteiger partial charge in [0.25, 0.3) is 6.47 Å². The highest BCUT2D eigenvalue weighted by Crippen LogP contribution is 2.39. The van der Waals surface area contributed by atoms with Crippen molar-refractivity contribution in [2.24, 2.45) is 11.8 Å². The highest BCUT2D eigenvalue weighted by molar-refractivity contribution is 5.69. The summed E-state index contributed by atoms with van der Waals surface area (Å²) in [5.74, 6) is 1.02. The normalized spacial score (nSPS) is 31.7. The maximum atomic E-state index is 11.4. The molecular weight excluding hydrogens is 348 g/mol. The van der Waals surface area contributed by atoms with Crippen molar-refractivity contribution in [3.8, 4) is 0 Å². The van der Waals surface area contributed by atoms with Gasteiger partial charge in [-0.3, -0.25) is 9.59 Å². The minimum Gasteiger partial charge on any atom is -0.468 e.